The minimum absolute atomic E-state index is 0.432. The Morgan fingerprint density at radius 3 is 2.47 bits per heavy atom. The molecule has 0 aliphatic heterocycles. The van der Waals surface area contributed by atoms with Crippen LogP contribution in [0.25, 0.3) is 0 Å². The van der Waals surface area contributed by atoms with E-state index in [-0.39, 0.29) is 0 Å². The van der Waals surface area contributed by atoms with Crippen LogP contribution in [0.5, 0.6) is 0 Å². The molecule has 2 unspecified atom stereocenters. The molecule has 2 aromatic rings. The third-order valence-corrected chi connectivity index (χ3v) is 5.30. The minimum Gasteiger partial charge on any atom is -0.307 e. The molecular weight excluding hydrogens is 272 g/mol. The standard InChI is InChI=1S/C15H22N2S2/c1-12(17(2)3)11-16-14(15-7-5-9-19-15)10-13-6-4-8-18-13/h4-9,12,14,16H,10-11H2,1-3H3. The fraction of sp³-hybridized carbons (Fsp3) is 0.467. The van der Waals surface area contributed by atoms with Crippen LogP contribution in [0.1, 0.15) is 22.7 Å². The van der Waals surface area contributed by atoms with Gasteiger partial charge < -0.3 is 10.2 Å². The summed E-state index contributed by atoms with van der Waals surface area (Å²) < 4.78 is 0. The fourth-order valence-electron chi connectivity index (χ4n) is 1.89. The van der Waals surface area contributed by atoms with E-state index in [0.29, 0.717) is 12.1 Å². The monoisotopic (exact) mass is 294 g/mol. The van der Waals surface area contributed by atoms with Crippen molar-refractivity contribution in [2.45, 2.75) is 25.4 Å². The molecule has 2 aromatic heterocycles. The number of nitrogens with zero attached hydrogens (tertiary/aromatic N) is 1. The molecule has 0 amide bonds. The molecule has 0 saturated heterocycles. The molecule has 19 heavy (non-hydrogen) atoms. The first kappa shape index (κ1) is 14.7. The number of rotatable bonds is 7. The smallest absolute Gasteiger partial charge is 0.0464 e. The molecule has 104 valence electrons. The van der Waals surface area contributed by atoms with Crippen LogP contribution in [-0.2, 0) is 6.42 Å². The molecular formula is C15H22N2S2. The van der Waals surface area contributed by atoms with E-state index in [0.717, 1.165) is 13.0 Å². The van der Waals surface area contributed by atoms with Crippen molar-refractivity contribution in [2.24, 2.45) is 0 Å². The predicted molar refractivity (Wildman–Crippen MR) is 86.2 cm³/mol. The average molecular weight is 294 g/mol. The molecule has 2 rings (SSSR count). The van der Waals surface area contributed by atoms with Gasteiger partial charge in [-0.3, -0.25) is 0 Å². The number of nitrogens with one attached hydrogen (secondary N) is 1. The van der Waals surface area contributed by atoms with Crippen LogP contribution in [0, 0.1) is 0 Å². The molecule has 0 aliphatic rings. The first-order valence-electron chi connectivity index (χ1n) is 6.62. The van der Waals surface area contributed by atoms with E-state index in [1.54, 1.807) is 0 Å². The lowest BCUT2D eigenvalue weighted by Gasteiger charge is -2.24. The molecule has 2 heterocycles. The maximum absolute atomic E-state index is 3.72. The van der Waals surface area contributed by atoms with Crippen LogP contribution in [0.3, 0.4) is 0 Å². The van der Waals surface area contributed by atoms with Gasteiger partial charge in [-0.2, -0.15) is 0 Å². The molecule has 0 fully saturated rings. The summed E-state index contributed by atoms with van der Waals surface area (Å²) >= 11 is 3.68. The number of hydrogen-bond acceptors (Lipinski definition) is 4. The lowest BCUT2D eigenvalue weighted by Crippen LogP contribution is -2.37. The minimum atomic E-state index is 0.432. The number of likely N-dealkylation sites (N-methyl/N-ethyl adjacent to an activating group) is 1. The van der Waals surface area contributed by atoms with E-state index in [2.05, 4.69) is 66.3 Å². The first-order valence-corrected chi connectivity index (χ1v) is 8.38. The van der Waals surface area contributed by atoms with Crippen LogP contribution < -0.4 is 5.32 Å². The Kier molecular flexibility index (Phi) is 5.58. The zero-order valence-corrected chi connectivity index (χ0v) is 13.4. The molecule has 2 atom stereocenters. The summed E-state index contributed by atoms with van der Waals surface area (Å²) in [5, 5.41) is 8.03. The normalized spacial score (nSPS) is 14.7. The van der Waals surface area contributed by atoms with E-state index in [1.165, 1.54) is 9.75 Å². The number of hydrogen-bond donors (Lipinski definition) is 1. The van der Waals surface area contributed by atoms with Crippen LogP contribution >= 0.6 is 22.7 Å². The van der Waals surface area contributed by atoms with E-state index in [1.807, 2.05) is 22.7 Å². The molecule has 0 bridgehead atoms. The van der Waals surface area contributed by atoms with Gasteiger partial charge in [0.1, 0.15) is 0 Å². The van der Waals surface area contributed by atoms with Gasteiger partial charge in [-0.25, -0.2) is 0 Å². The topological polar surface area (TPSA) is 15.3 Å². The van der Waals surface area contributed by atoms with Crippen LogP contribution in [-0.4, -0.2) is 31.6 Å². The second-order valence-electron chi connectivity index (χ2n) is 5.07. The lowest BCUT2D eigenvalue weighted by molar-refractivity contribution is 0.293. The molecule has 2 nitrogen and oxygen atoms in total. The molecule has 0 spiro atoms. The van der Waals surface area contributed by atoms with Crippen molar-refractivity contribution in [2.75, 3.05) is 20.6 Å². The van der Waals surface area contributed by atoms with Gasteiger partial charge in [0.05, 0.1) is 0 Å². The SMILES string of the molecule is CC(CNC(Cc1cccs1)c1cccs1)N(C)C. The van der Waals surface area contributed by atoms with Crippen molar-refractivity contribution >= 4 is 22.7 Å². The van der Waals surface area contributed by atoms with Crippen molar-refractivity contribution in [1.29, 1.82) is 0 Å². The summed E-state index contributed by atoms with van der Waals surface area (Å²) in [7, 11) is 4.26. The van der Waals surface area contributed by atoms with E-state index in [9.17, 15) is 0 Å². The summed E-state index contributed by atoms with van der Waals surface area (Å²) in [5.74, 6) is 0. The fourth-order valence-corrected chi connectivity index (χ4v) is 3.44. The molecule has 0 radical (unpaired) electrons. The van der Waals surface area contributed by atoms with Gasteiger partial charge in [0, 0.05) is 34.8 Å². The highest BCUT2D eigenvalue weighted by Crippen LogP contribution is 2.24. The van der Waals surface area contributed by atoms with Gasteiger partial charge in [-0.05, 0) is 43.9 Å². The molecule has 0 aliphatic carbocycles. The maximum Gasteiger partial charge on any atom is 0.0464 e. The number of thiophene rings is 2. The summed E-state index contributed by atoms with van der Waals surface area (Å²) in [5.41, 5.74) is 0. The van der Waals surface area contributed by atoms with Crippen molar-refractivity contribution in [3.05, 3.63) is 44.8 Å². The van der Waals surface area contributed by atoms with Crippen molar-refractivity contribution < 1.29 is 0 Å². The quantitative estimate of drug-likeness (QED) is 0.839. The Hall–Kier alpha value is -0.680. The van der Waals surface area contributed by atoms with Crippen LogP contribution in [0.2, 0.25) is 0 Å². The zero-order valence-electron chi connectivity index (χ0n) is 11.8. The van der Waals surface area contributed by atoms with E-state index >= 15 is 0 Å². The Balaban J connectivity index is 1.99. The van der Waals surface area contributed by atoms with Crippen molar-refractivity contribution in [3.63, 3.8) is 0 Å². The first-order chi connectivity index (χ1) is 9.16. The van der Waals surface area contributed by atoms with Crippen molar-refractivity contribution in [3.8, 4) is 0 Å². The van der Waals surface area contributed by atoms with Crippen molar-refractivity contribution in [1.82, 2.24) is 10.2 Å². The second-order valence-corrected chi connectivity index (χ2v) is 7.08. The Morgan fingerprint density at radius 1 is 1.16 bits per heavy atom. The zero-order chi connectivity index (χ0) is 13.7. The Labute approximate surface area is 124 Å². The van der Waals surface area contributed by atoms with E-state index < -0.39 is 0 Å². The Bertz CT molecular complexity index is 448. The van der Waals surface area contributed by atoms with Crippen LogP contribution in [0.4, 0.5) is 0 Å². The van der Waals surface area contributed by atoms with Crippen LogP contribution in [0.15, 0.2) is 35.0 Å². The third kappa shape index (κ3) is 4.42. The van der Waals surface area contributed by atoms with Gasteiger partial charge >= 0.3 is 0 Å². The van der Waals surface area contributed by atoms with Gasteiger partial charge in [0.2, 0.25) is 0 Å². The maximum atomic E-state index is 3.72. The van der Waals surface area contributed by atoms with Gasteiger partial charge in [-0.15, -0.1) is 22.7 Å². The highest BCUT2D eigenvalue weighted by molar-refractivity contribution is 7.10. The lowest BCUT2D eigenvalue weighted by atomic mass is 10.1. The summed E-state index contributed by atoms with van der Waals surface area (Å²) in [6, 6.07) is 9.71. The second kappa shape index (κ2) is 7.20. The molecule has 0 saturated carbocycles. The van der Waals surface area contributed by atoms with E-state index in [4.69, 9.17) is 0 Å². The van der Waals surface area contributed by atoms with Gasteiger partial charge in [-0.1, -0.05) is 12.1 Å². The summed E-state index contributed by atoms with van der Waals surface area (Å²) in [6.45, 7) is 3.27. The highest BCUT2D eigenvalue weighted by atomic mass is 32.1. The summed E-state index contributed by atoms with van der Waals surface area (Å²) in [6.07, 6.45) is 1.08. The average Bonchev–Trinajstić information content (AvgIpc) is 3.06. The molecule has 0 aromatic carbocycles. The Morgan fingerprint density at radius 2 is 1.89 bits per heavy atom. The van der Waals surface area contributed by atoms with Gasteiger partial charge in [0.15, 0.2) is 0 Å². The third-order valence-electron chi connectivity index (χ3n) is 3.41. The molecule has 1 N–H and O–H groups in total. The summed E-state index contributed by atoms with van der Waals surface area (Å²) in [4.78, 5) is 5.13. The highest BCUT2D eigenvalue weighted by Gasteiger charge is 2.15. The predicted octanol–water partition coefficient (Wildman–Crippen LogP) is 3.63. The largest absolute Gasteiger partial charge is 0.307 e. The van der Waals surface area contributed by atoms with Gasteiger partial charge in [0.25, 0.3) is 0 Å². The molecule has 4 heteroatoms.